The predicted molar refractivity (Wildman–Crippen MR) is 144 cm³/mol. The van der Waals surface area contributed by atoms with E-state index in [0.29, 0.717) is 29.5 Å². The fourth-order valence-corrected chi connectivity index (χ4v) is 4.66. The van der Waals surface area contributed by atoms with Gasteiger partial charge in [0.15, 0.2) is 0 Å². The van der Waals surface area contributed by atoms with Crippen molar-refractivity contribution in [3.05, 3.63) is 85.7 Å². The Morgan fingerprint density at radius 2 is 1.87 bits per heavy atom. The molecular weight excluding hydrogens is 510 g/mol. The molecule has 0 spiro atoms. The first kappa shape index (κ1) is 26.5. The van der Waals surface area contributed by atoms with E-state index in [0.717, 1.165) is 21.9 Å². The van der Waals surface area contributed by atoms with Crippen molar-refractivity contribution in [1.82, 2.24) is 24.8 Å². The Morgan fingerprint density at radius 3 is 2.58 bits per heavy atom. The van der Waals surface area contributed by atoms with Gasteiger partial charge in [-0.05, 0) is 36.2 Å². The van der Waals surface area contributed by atoms with Crippen LogP contribution in [0.25, 0.3) is 0 Å². The molecule has 38 heavy (non-hydrogen) atoms. The summed E-state index contributed by atoms with van der Waals surface area (Å²) in [7, 11) is 3.07. The molecule has 0 saturated carbocycles. The van der Waals surface area contributed by atoms with E-state index in [2.05, 4.69) is 26.3 Å². The lowest BCUT2D eigenvalue weighted by Gasteiger charge is -2.21. The minimum atomic E-state index is -0.512. The van der Waals surface area contributed by atoms with Crippen molar-refractivity contribution in [2.75, 3.05) is 24.3 Å². The van der Waals surface area contributed by atoms with Gasteiger partial charge in [-0.2, -0.15) is 0 Å². The second kappa shape index (κ2) is 11.7. The van der Waals surface area contributed by atoms with Crippen LogP contribution in [-0.4, -0.2) is 39.7 Å². The smallest absolute Gasteiger partial charge is 0.332 e. The van der Waals surface area contributed by atoms with Crippen LogP contribution in [0.3, 0.4) is 0 Å². The van der Waals surface area contributed by atoms with Gasteiger partial charge in [-0.3, -0.25) is 18.7 Å². The number of hydrogen-bond donors (Lipinski definition) is 4. The number of aromatic nitrogens is 3. The normalized spacial score (nSPS) is 12.0. The molecule has 12 nitrogen and oxygen atoms in total. The molecule has 2 aromatic heterocycles. The highest BCUT2D eigenvalue weighted by Gasteiger charge is 2.25. The fraction of sp³-hybridized carbons (Fsp3) is 0.240. The van der Waals surface area contributed by atoms with Gasteiger partial charge in [0.05, 0.1) is 18.6 Å². The number of nitrogens with one attached hydrogen (secondary N) is 4. The average molecular weight is 538 g/mol. The van der Waals surface area contributed by atoms with Gasteiger partial charge in [-0.25, -0.2) is 14.6 Å². The summed E-state index contributed by atoms with van der Waals surface area (Å²) in [5.41, 5.74) is 1.07. The van der Waals surface area contributed by atoms with Crippen molar-refractivity contribution >= 4 is 35.2 Å². The number of thioether (sulfide) groups is 1. The number of nitrogens with zero attached hydrogens (tertiary/aromatic N) is 3. The van der Waals surface area contributed by atoms with E-state index in [1.807, 2.05) is 6.92 Å². The van der Waals surface area contributed by atoms with Gasteiger partial charge in [-0.1, -0.05) is 23.9 Å². The van der Waals surface area contributed by atoms with Crippen LogP contribution >= 0.6 is 11.8 Å². The predicted octanol–water partition coefficient (Wildman–Crippen LogP) is 1.82. The highest BCUT2D eigenvalue weighted by molar-refractivity contribution is 8.04. The van der Waals surface area contributed by atoms with Crippen molar-refractivity contribution in [3.63, 3.8) is 0 Å². The lowest BCUT2D eigenvalue weighted by Crippen LogP contribution is -2.41. The van der Waals surface area contributed by atoms with Gasteiger partial charge in [-0.15, -0.1) is 0 Å². The second-order valence-electron chi connectivity index (χ2n) is 8.24. The Balaban J connectivity index is 1.50. The Morgan fingerprint density at radius 1 is 1.11 bits per heavy atom. The lowest BCUT2D eigenvalue weighted by atomic mass is 10.2. The van der Waals surface area contributed by atoms with Gasteiger partial charge in [0.25, 0.3) is 11.5 Å². The largest absolute Gasteiger partial charge is 0.481 e. The standard InChI is InChI=1S/C25H27N7O5S/c1-4-26-24(35)30-17-7-5-15(6-8-17)14-32-23(34)20-21(31(2)25(32)36)28-13-18(38-20)22(33)29-12-16-9-10-27-19(11-16)37-3/h5-11,13,28H,4,12,14H2,1-3H3,(H,29,33)(H2,26,30,35). The van der Waals surface area contributed by atoms with Crippen molar-refractivity contribution in [3.8, 4) is 5.88 Å². The lowest BCUT2D eigenvalue weighted by molar-refractivity contribution is -0.117. The first-order valence-electron chi connectivity index (χ1n) is 11.7. The molecule has 4 N–H and O–H groups in total. The number of pyridine rings is 1. The van der Waals surface area contributed by atoms with E-state index in [1.165, 1.54) is 17.9 Å². The summed E-state index contributed by atoms with van der Waals surface area (Å²) in [4.78, 5) is 55.4. The third-order valence-corrected chi connectivity index (χ3v) is 6.73. The number of benzene rings is 1. The molecule has 0 radical (unpaired) electrons. The SMILES string of the molecule is CCNC(=O)Nc1ccc(Cn2c(=O)c3c(n(C)c2=O)NC=C(C(=O)NCc2ccnc(OC)c2)S3)cc1. The van der Waals surface area contributed by atoms with Crippen LogP contribution < -0.4 is 37.3 Å². The van der Waals surface area contributed by atoms with Crippen molar-refractivity contribution in [2.45, 2.75) is 24.9 Å². The number of carbonyl (C=O) groups excluding carboxylic acids is 2. The Labute approximate surface area is 222 Å². The molecule has 3 aromatic rings. The molecule has 4 rings (SSSR count). The van der Waals surface area contributed by atoms with Crippen LogP contribution in [0, 0.1) is 0 Å². The molecule has 0 saturated heterocycles. The molecule has 0 unspecified atom stereocenters. The highest BCUT2D eigenvalue weighted by Crippen LogP contribution is 2.33. The Kier molecular flexibility index (Phi) is 8.16. The molecular formula is C25H27N7O5S. The molecule has 3 heterocycles. The van der Waals surface area contributed by atoms with E-state index in [1.54, 1.807) is 49.6 Å². The van der Waals surface area contributed by atoms with Gasteiger partial charge >= 0.3 is 11.7 Å². The topological polar surface area (TPSA) is 148 Å². The Bertz CT molecular complexity index is 1510. The van der Waals surface area contributed by atoms with Gasteiger partial charge in [0.1, 0.15) is 10.7 Å². The molecule has 0 fully saturated rings. The summed E-state index contributed by atoms with van der Waals surface area (Å²) < 4.78 is 7.55. The van der Waals surface area contributed by atoms with E-state index in [9.17, 15) is 19.2 Å². The monoisotopic (exact) mass is 537 g/mol. The number of fused-ring (bicyclic) bond motifs is 1. The zero-order chi connectivity index (χ0) is 27.2. The van der Waals surface area contributed by atoms with E-state index in [-0.39, 0.29) is 34.8 Å². The van der Waals surface area contributed by atoms with E-state index in [4.69, 9.17) is 4.74 Å². The first-order chi connectivity index (χ1) is 18.3. The number of carbonyl (C=O) groups is 2. The number of methoxy groups -OCH3 is 1. The third-order valence-electron chi connectivity index (χ3n) is 5.63. The van der Waals surface area contributed by atoms with Gasteiger partial charge in [0, 0.05) is 44.3 Å². The third kappa shape index (κ3) is 5.89. The molecule has 0 bridgehead atoms. The van der Waals surface area contributed by atoms with Crippen LogP contribution in [0.1, 0.15) is 18.1 Å². The van der Waals surface area contributed by atoms with E-state index < -0.39 is 11.2 Å². The summed E-state index contributed by atoms with van der Waals surface area (Å²) in [6.45, 7) is 2.58. The summed E-state index contributed by atoms with van der Waals surface area (Å²) in [5.74, 6) is 0.380. The zero-order valence-electron chi connectivity index (χ0n) is 21.0. The summed E-state index contributed by atoms with van der Waals surface area (Å²) in [6.07, 6.45) is 3.06. The second-order valence-corrected chi connectivity index (χ2v) is 9.29. The first-order valence-corrected chi connectivity index (χ1v) is 12.5. The highest BCUT2D eigenvalue weighted by atomic mass is 32.2. The molecule has 13 heteroatoms. The molecule has 1 aliphatic rings. The van der Waals surface area contributed by atoms with Crippen LogP contribution in [0.2, 0.25) is 0 Å². The van der Waals surface area contributed by atoms with Crippen LogP contribution in [-0.2, 0) is 24.9 Å². The van der Waals surface area contributed by atoms with E-state index >= 15 is 0 Å². The molecule has 198 valence electrons. The number of hydrogen-bond acceptors (Lipinski definition) is 8. The number of rotatable bonds is 8. The maximum Gasteiger partial charge on any atom is 0.332 e. The van der Waals surface area contributed by atoms with Crippen LogP contribution in [0.15, 0.2) is 68.2 Å². The number of urea groups is 1. The van der Waals surface area contributed by atoms with Crippen molar-refractivity contribution < 1.29 is 14.3 Å². The fourth-order valence-electron chi connectivity index (χ4n) is 3.67. The minimum absolute atomic E-state index is 0.0237. The quantitative estimate of drug-likeness (QED) is 0.340. The molecule has 3 amide bonds. The van der Waals surface area contributed by atoms with Gasteiger partial charge < -0.3 is 26.0 Å². The molecule has 1 aromatic carbocycles. The summed E-state index contributed by atoms with van der Waals surface area (Å²) in [6, 6.07) is 9.99. The summed E-state index contributed by atoms with van der Waals surface area (Å²) in [5, 5.41) is 11.1. The number of amides is 3. The number of anilines is 2. The van der Waals surface area contributed by atoms with Crippen molar-refractivity contribution in [2.24, 2.45) is 7.05 Å². The zero-order valence-corrected chi connectivity index (χ0v) is 21.8. The molecule has 0 aliphatic carbocycles. The maximum absolute atomic E-state index is 13.3. The minimum Gasteiger partial charge on any atom is -0.481 e. The van der Waals surface area contributed by atoms with Crippen LogP contribution in [0.5, 0.6) is 5.88 Å². The molecule has 1 aliphatic heterocycles. The Hall–Kier alpha value is -4.52. The maximum atomic E-state index is 13.3. The number of ether oxygens (including phenoxy) is 1. The van der Waals surface area contributed by atoms with Crippen molar-refractivity contribution in [1.29, 1.82) is 0 Å². The van der Waals surface area contributed by atoms with Crippen LogP contribution in [0.4, 0.5) is 16.3 Å². The summed E-state index contributed by atoms with van der Waals surface area (Å²) >= 11 is 0.998. The van der Waals surface area contributed by atoms with Gasteiger partial charge in [0.2, 0.25) is 5.88 Å². The molecule has 0 atom stereocenters. The average Bonchev–Trinajstić information content (AvgIpc) is 2.93.